The number of aryl methyl sites for hydroxylation is 1. The molecule has 9 heteroatoms. The van der Waals surface area contributed by atoms with Crippen molar-refractivity contribution in [2.75, 3.05) is 18.5 Å². The fraction of sp³-hybridized carbons (Fsp3) is 0.269. The third-order valence-corrected chi connectivity index (χ3v) is 6.47. The molecule has 1 aliphatic heterocycles. The SMILES string of the molecule is Cn1cc(C(NC(=O)c2ccc3cnc(NC4CCOCC4)cc3c2)c2ccc(Cl)c(F)c2)cn1. The normalized spacial score (nSPS) is 15.2. The smallest absolute Gasteiger partial charge is 0.252 e. The van der Waals surface area contributed by atoms with Gasteiger partial charge in [0.2, 0.25) is 0 Å². The summed E-state index contributed by atoms with van der Waals surface area (Å²) < 4.78 is 21.3. The van der Waals surface area contributed by atoms with Gasteiger partial charge in [0, 0.05) is 55.2 Å². The molecule has 7 nitrogen and oxygen atoms in total. The summed E-state index contributed by atoms with van der Waals surface area (Å²) in [5.74, 6) is -0.0613. The van der Waals surface area contributed by atoms with Crippen LogP contribution in [0.2, 0.25) is 5.02 Å². The van der Waals surface area contributed by atoms with Crippen LogP contribution < -0.4 is 10.6 Å². The lowest BCUT2D eigenvalue weighted by molar-refractivity contribution is 0.0903. The molecule has 2 aromatic carbocycles. The van der Waals surface area contributed by atoms with Gasteiger partial charge in [0.1, 0.15) is 11.6 Å². The molecule has 1 aliphatic rings. The van der Waals surface area contributed by atoms with E-state index in [2.05, 4.69) is 20.7 Å². The van der Waals surface area contributed by atoms with Crippen molar-refractivity contribution in [3.05, 3.63) is 88.6 Å². The zero-order valence-electron chi connectivity index (χ0n) is 19.2. The van der Waals surface area contributed by atoms with Gasteiger partial charge in [-0.05, 0) is 54.1 Å². The fourth-order valence-corrected chi connectivity index (χ4v) is 4.38. The second-order valence-corrected chi connectivity index (χ2v) is 9.10. The minimum Gasteiger partial charge on any atom is -0.381 e. The van der Waals surface area contributed by atoms with Gasteiger partial charge < -0.3 is 15.4 Å². The van der Waals surface area contributed by atoms with Gasteiger partial charge >= 0.3 is 0 Å². The predicted octanol–water partition coefficient (Wildman–Crippen LogP) is 4.87. The second kappa shape index (κ2) is 10.0. The average molecular weight is 494 g/mol. The minimum atomic E-state index is -0.596. The molecule has 0 aliphatic carbocycles. The molecule has 180 valence electrons. The van der Waals surface area contributed by atoms with Crippen molar-refractivity contribution in [2.24, 2.45) is 7.05 Å². The number of fused-ring (bicyclic) bond motifs is 1. The topological polar surface area (TPSA) is 81.1 Å². The maximum absolute atomic E-state index is 14.2. The Hall–Kier alpha value is -3.49. The number of nitrogens with zero attached hydrogens (tertiary/aromatic N) is 3. The number of amides is 1. The highest BCUT2D eigenvalue weighted by molar-refractivity contribution is 6.30. The van der Waals surface area contributed by atoms with E-state index in [9.17, 15) is 9.18 Å². The van der Waals surface area contributed by atoms with Crippen LogP contribution in [0.1, 0.15) is 40.4 Å². The average Bonchev–Trinajstić information content (AvgIpc) is 3.30. The summed E-state index contributed by atoms with van der Waals surface area (Å²) >= 11 is 5.87. The third-order valence-electron chi connectivity index (χ3n) is 6.17. The summed E-state index contributed by atoms with van der Waals surface area (Å²) in [4.78, 5) is 17.8. The first-order valence-electron chi connectivity index (χ1n) is 11.4. The number of nitrogens with one attached hydrogen (secondary N) is 2. The van der Waals surface area contributed by atoms with Crippen LogP contribution in [-0.4, -0.2) is 39.9 Å². The van der Waals surface area contributed by atoms with Crippen molar-refractivity contribution in [1.29, 1.82) is 0 Å². The maximum Gasteiger partial charge on any atom is 0.252 e. The number of halogens is 2. The lowest BCUT2D eigenvalue weighted by Crippen LogP contribution is -2.29. The van der Waals surface area contributed by atoms with Crippen LogP contribution in [0.15, 0.2) is 61.1 Å². The highest BCUT2D eigenvalue weighted by atomic mass is 35.5. The molecule has 1 atom stereocenters. The standard InChI is InChI=1S/C26H25ClFN5O2/c1-33-15-20(14-30-33)25(16-4-5-22(27)23(28)11-16)32-26(34)17-2-3-18-13-29-24(12-19(18)10-17)31-21-6-8-35-9-7-21/h2-5,10-15,21,25H,6-9H2,1H3,(H,29,31)(H,32,34). The van der Waals surface area contributed by atoms with Gasteiger partial charge in [0.25, 0.3) is 5.91 Å². The molecule has 5 rings (SSSR count). The first-order chi connectivity index (χ1) is 17.0. The summed E-state index contributed by atoms with van der Waals surface area (Å²) in [6.45, 7) is 1.48. The van der Waals surface area contributed by atoms with Crippen molar-refractivity contribution in [3.8, 4) is 0 Å². The Bertz CT molecular complexity index is 1370. The van der Waals surface area contributed by atoms with Crippen molar-refractivity contribution in [3.63, 3.8) is 0 Å². The summed E-state index contributed by atoms with van der Waals surface area (Å²) in [5.41, 5.74) is 1.79. The molecule has 0 bridgehead atoms. The number of carbonyl (C=O) groups is 1. The molecule has 35 heavy (non-hydrogen) atoms. The minimum absolute atomic E-state index is 0.0262. The molecule has 4 aromatic rings. The maximum atomic E-state index is 14.2. The Morgan fingerprint density at radius 2 is 1.94 bits per heavy atom. The summed E-state index contributed by atoms with van der Waals surface area (Å²) in [6, 6.07) is 11.7. The van der Waals surface area contributed by atoms with E-state index in [-0.39, 0.29) is 10.9 Å². The summed E-state index contributed by atoms with van der Waals surface area (Å²) in [6.07, 6.45) is 7.11. The van der Waals surface area contributed by atoms with Crippen molar-refractivity contribution in [2.45, 2.75) is 24.9 Å². The Morgan fingerprint density at radius 3 is 2.69 bits per heavy atom. The molecule has 0 spiro atoms. The predicted molar refractivity (Wildman–Crippen MR) is 133 cm³/mol. The largest absolute Gasteiger partial charge is 0.381 e. The van der Waals surface area contributed by atoms with Crippen LogP contribution in [0.4, 0.5) is 10.2 Å². The van der Waals surface area contributed by atoms with Gasteiger partial charge in [-0.3, -0.25) is 9.48 Å². The fourth-order valence-electron chi connectivity index (χ4n) is 4.27. The lowest BCUT2D eigenvalue weighted by Gasteiger charge is -2.23. The molecule has 1 saturated heterocycles. The molecule has 3 heterocycles. The number of anilines is 1. The Balaban J connectivity index is 1.41. The number of ether oxygens (including phenoxy) is 1. The van der Waals surface area contributed by atoms with Crippen LogP contribution in [0.25, 0.3) is 10.8 Å². The van der Waals surface area contributed by atoms with Gasteiger partial charge in [0.05, 0.1) is 17.3 Å². The molecule has 2 aromatic heterocycles. The number of hydrogen-bond acceptors (Lipinski definition) is 5. The number of aromatic nitrogens is 3. The Kier molecular flexibility index (Phi) is 6.66. The molecule has 0 radical (unpaired) electrons. The van der Waals surface area contributed by atoms with Gasteiger partial charge in [-0.15, -0.1) is 0 Å². The van der Waals surface area contributed by atoms with Crippen LogP contribution in [0, 0.1) is 5.82 Å². The number of hydrogen-bond donors (Lipinski definition) is 2. The van der Waals surface area contributed by atoms with Gasteiger partial charge in [-0.2, -0.15) is 5.10 Å². The summed E-state index contributed by atoms with van der Waals surface area (Å²) in [7, 11) is 1.79. The van der Waals surface area contributed by atoms with E-state index in [1.54, 1.807) is 42.5 Å². The van der Waals surface area contributed by atoms with E-state index in [0.717, 1.165) is 48.2 Å². The second-order valence-electron chi connectivity index (χ2n) is 8.69. The zero-order chi connectivity index (χ0) is 24.4. The van der Waals surface area contributed by atoms with E-state index in [1.807, 2.05) is 18.2 Å². The van der Waals surface area contributed by atoms with Gasteiger partial charge in [-0.25, -0.2) is 9.37 Å². The molecular weight excluding hydrogens is 469 g/mol. The van der Waals surface area contributed by atoms with Crippen molar-refractivity contribution in [1.82, 2.24) is 20.1 Å². The number of pyridine rings is 1. The van der Waals surface area contributed by atoms with E-state index in [1.165, 1.54) is 12.1 Å². The van der Waals surface area contributed by atoms with Crippen LogP contribution >= 0.6 is 11.6 Å². The number of benzene rings is 2. The monoisotopic (exact) mass is 493 g/mol. The Morgan fingerprint density at radius 1 is 1.11 bits per heavy atom. The van der Waals surface area contributed by atoms with E-state index >= 15 is 0 Å². The van der Waals surface area contributed by atoms with Crippen LogP contribution in [0.3, 0.4) is 0 Å². The number of rotatable bonds is 6. The first kappa shape index (κ1) is 23.3. The van der Waals surface area contributed by atoms with Gasteiger partial charge in [-0.1, -0.05) is 23.7 Å². The molecule has 0 saturated carbocycles. The lowest BCUT2D eigenvalue weighted by atomic mass is 10.0. The van der Waals surface area contributed by atoms with E-state index < -0.39 is 11.9 Å². The third kappa shape index (κ3) is 5.28. The highest BCUT2D eigenvalue weighted by Gasteiger charge is 2.21. The Labute approximate surface area is 207 Å². The number of carbonyl (C=O) groups excluding carboxylic acids is 1. The molecule has 1 amide bonds. The van der Waals surface area contributed by atoms with Crippen LogP contribution in [0.5, 0.6) is 0 Å². The van der Waals surface area contributed by atoms with E-state index in [0.29, 0.717) is 17.2 Å². The molecule has 1 unspecified atom stereocenters. The molecule has 2 N–H and O–H groups in total. The molecule has 1 fully saturated rings. The van der Waals surface area contributed by atoms with Gasteiger partial charge in [0.15, 0.2) is 0 Å². The summed E-state index contributed by atoms with van der Waals surface area (Å²) in [5, 5.41) is 12.6. The van der Waals surface area contributed by atoms with Crippen molar-refractivity contribution >= 4 is 34.1 Å². The molecular formula is C26H25ClFN5O2. The first-order valence-corrected chi connectivity index (χ1v) is 11.8. The van der Waals surface area contributed by atoms with E-state index in [4.69, 9.17) is 16.3 Å². The van der Waals surface area contributed by atoms with Crippen molar-refractivity contribution < 1.29 is 13.9 Å². The highest BCUT2D eigenvalue weighted by Crippen LogP contribution is 2.27. The zero-order valence-corrected chi connectivity index (χ0v) is 19.9. The quantitative estimate of drug-likeness (QED) is 0.400. The van der Waals surface area contributed by atoms with Crippen LogP contribution in [-0.2, 0) is 11.8 Å².